The third-order valence-corrected chi connectivity index (χ3v) is 4.95. The van der Waals surface area contributed by atoms with E-state index in [0.717, 1.165) is 12.0 Å². The average Bonchev–Trinajstić information content (AvgIpc) is 2.67. The number of ether oxygens (including phenoxy) is 1. The van der Waals surface area contributed by atoms with Gasteiger partial charge in [0.15, 0.2) is 0 Å². The fraction of sp³-hybridized carbons (Fsp3) is 0.350. The lowest BCUT2D eigenvalue weighted by atomic mass is 9.94. The predicted octanol–water partition coefficient (Wildman–Crippen LogP) is 2.98. The number of amides is 2. The molecule has 1 aliphatic heterocycles. The van der Waals surface area contributed by atoms with Crippen LogP contribution in [0.5, 0.6) is 0 Å². The molecule has 0 spiro atoms. The van der Waals surface area contributed by atoms with Gasteiger partial charge in [-0.1, -0.05) is 19.4 Å². The molecule has 1 aliphatic rings. The Morgan fingerprint density at radius 1 is 1.25 bits per heavy atom. The van der Waals surface area contributed by atoms with Crippen LogP contribution in [0.15, 0.2) is 35.3 Å². The summed E-state index contributed by atoms with van der Waals surface area (Å²) in [6, 6.07) is 6.48. The number of nitrogens with two attached hydrogens (primary N) is 1. The highest BCUT2D eigenvalue weighted by atomic mass is 16.5. The van der Waals surface area contributed by atoms with Gasteiger partial charge in [0.05, 0.1) is 12.8 Å². The van der Waals surface area contributed by atoms with Crippen molar-refractivity contribution in [3.8, 4) is 11.1 Å². The Balaban J connectivity index is 2.12. The van der Waals surface area contributed by atoms with Crippen molar-refractivity contribution in [1.82, 2.24) is 4.98 Å². The molecule has 0 saturated heterocycles. The molecular weight excluding hydrogens is 360 g/mol. The van der Waals surface area contributed by atoms with Gasteiger partial charge >= 0.3 is 6.09 Å². The lowest BCUT2D eigenvalue weighted by Crippen LogP contribution is -2.24. The van der Waals surface area contributed by atoms with E-state index < -0.39 is 12.1 Å². The van der Waals surface area contributed by atoms with E-state index in [-0.39, 0.29) is 17.4 Å². The second kappa shape index (κ2) is 8.26. The number of hydrogen-bond donors (Lipinski definition) is 4. The van der Waals surface area contributed by atoms with Gasteiger partial charge in [-0.05, 0) is 31.0 Å². The summed E-state index contributed by atoms with van der Waals surface area (Å²) >= 11 is 0. The molecule has 0 saturated carbocycles. The fourth-order valence-electron chi connectivity index (χ4n) is 3.26. The molecule has 148 valence electrons. The Kier molecular flexibility index (Phi) is 5.79. The smallest absolute Gasteiger partial charge is 0.411 e. The summed E-state index contributed by atoms with van der Waals surface area (Å²) in [6.45, 7) is 1.86. The van der Waals surface area contributed by atoms with Crippen molar-refractivity contribution >= 4 is 23.4 Å². The van der Waals surface area contributed by atoms with Gasteiger partial charge in [-0.3, -0.25) is 14.9 Å². The first-order valence-corrected chi connectivity index (χ1v) is 9.17. The van der Waals surface area contributed by atoms with E-state index >= 15 is 0 Å². The Hall–Kier alpha value is -3.13. The molecule has 0 fully saturated rings. The molecule has 2 heterocycles. The fourth-order valence-corrected chi connectivity index (χ4v) is 3.26. The molecule has 2 bridgehead atoms. The van der Waals surface area contributed by atoms with Crippen molar-refractivity contribution in [2.24, 2.45) is 11.7 Å². The van der Waals surface area contributed by atoms with Crippen molar-refractivity contribution in [2.45, 2.75) is 32.2 Å². The summed E-state index contributed by atoms with van der Waals surface area (Å²) in [7, 11) is 1.28. The van der Waals surface area contributed by atoms with Crippen molar-refractivity contribution in [3.05, 3.63) is 46.4 Å². The van der Waals surface area contributed by atoms with E-state index in [9.17, 15) is 14.4 Å². The molecule has 5 N–H and O–H groups in total. The number of carbonyl (C=O) groups excluding carboxylic acids is 2. The second-order valence-electron chi connectivity index (χ2n) is 6.98. The summed E-state index contributed by atoms with van der Waals surface area (Å²) in [5.74, 6) is -0.330. The van der Waals surface area contributed by atoms with Gasteiger partial charge in [-0.15, -0.1) is 0 Å². The van der Waals surface area contributed by atoms with E-state index in [1.165, 1.54) is 7.11 Å². The monoisotopic (exact) mass is 384 g/mol. The molecule has 3 rings (SSSR count). The van der Waals surface area contributed by atoms with E-state index in [0.29, 0.717) is 35.3 Å². The van der Waals surface area contributed by atoms with Crippen LogP contribution in [0.1, 0.15) is 37.8 Å². The van der Waals surface area contributed by atoms with Crippen molar-refractivity contribution in [2.75, 3.05) is 17.7 Å². The number of carbonyl (C=O) groups is 2. The maximum Gasteiger partial charge on any atom is 0.411 e. The number of aromatic nitrogens is 1. The van der Waals surface area contributed by atoms with Crippen LogP contribution in [-0.2, 0) is 9.53 Å². The largest absolute Gasteiger partial charge is 0.453 e. The van der Waals surface area contributed by atoms with Crippen LogP contribution in [0.3, 0.4) is 0 Å². The number of methoxy groups -OCH3 is 1. The highest BCUT2D eigenvalue weighted by Gasteiger charge is 2.20. The summed E-state index contributed by atoms with van der Waals surface area (Å²) in [6.07, 6.45) is 3.00. The van der Waals surface area contributed by atoms with Crippen LogP contribution in [0.4, 0.5) is 16.2 Å². The Morgan fingerprint density at radius 3 is 2.79 bits per heavy atom. The minimum Gasteiger partial charge on any atom is -0.453 e. The van der Waals surface area contributed by atoms with Gasteiger partial charge < -0.3 is 20.8 Å². The minimum atomic E-state index is -0.606. The Bertz CT molecular complexity index is 953. The number of fused-ring (bicyclic) bond motifs is 4. The van der Waals surface area contributed by atoms with Gasteiger partial charge in [-0.25, -0.2) is 4.79 Å². The zero-order chi connectivity index (χ0) is 20.3. The van der Waals surface area contributed by atoms with Crippen LogP contribution in [0, 0.1) is 5.92 Å². The molecule has 1 aromatic heterocycles. The van der Waals surface area contributed by atoms with Gasteiger partial charge in [0, 0.05) is 40.5 Å². The van der Waals surface area contributed by atoms with Crippen molar-refractivity contribution in [1.29, 1.82) is 0 Å². The molecule has 2 atom stereocenters. The third-order valence-electron chi connectivity index (χ3n) is 4.95. The number of H-pyrrole nitrogens is 1. The lowest BCUT2D eigenvalue weighted by molar-refractivity contribution is -0.119. The van der Waals surface area contributed by atoms with Gasteiger partial charge in [-0.2, -0.15) is 0 Å². The van der Waals surface area contributed by atoms with Crippen LogP contribution < -0.4 is 21.9 Å². The first-order valence-electron chi connectivity index (χ1n) is 9.17. The highest BCUT2D eigenvalue weighted by molar-refractivity contribution is 5.98. The summed E-state index contributed by atoms with van der Waals surface area (Å²) in [4.78, 5) is 39.1. The summed E-state index contributed by atoms with van der Waals surface area (Å²) < 4.78 is 4.62. The average molecular weight is 384 g/mol. The molecule has 28 heavy (non-hydrogen) atoms. The molecule has 8 nitrogen and oxygen atoms in total. The number of benzene rings is 1. The number of aromatic amines is 1. The molecule has 8 heteroatoms. The van der Waals surface area contributed by atoms with Crippen molar-refractivity contribution in [3.63, 3.8) is 0 Å². The number of pyridine rings is 1. The molecule has 1 aromatic carbocycles. The first kappa shape index (κ1) is 19.6. The van der Waals surface area contributed by atoms with Crippen LogP contribution >= 0.6 is 0 Å². The molecule has 2 amide bonds. The van der Waals surface area contributed by atoms with Gasteiger partial charge in [0.25, 0.3) is 5.56 Å². The van der Waals surface area contributed by atoms with E-state index in [1.54, 1.807) is 30.5 Å². The Morgan fingerprint density at radius 2 is 2.04 bits per heavy atom. The van der Waals surface area contributed by atoms with Crippen LogP contribution in [0.25, 0.3) is 11.1 Å². The van der Waals surface area contributed by atoms with E-state index in [1.807, 2.05) is 6.92 Å². The van der Waals surface area contributed by atoms with Crippen LogP contribution in [0.2, 0.25) is 0 Å². The number of hydrogen-bond acceptors (Lipinski definition) is 5. The zero-order valence-electron chi connectivity index (χ0n) is 15.9. The predicted molar refractivity (Wildman–Crippen MR) is 107 cm³/mol. The first-order chi connectivity index (χ1) is 13.4. The SMILES string of the molecule is COC(=O)Nc1ccc2c(c1)NC(=O)[C@H](C)CCCC(N)c1cc-2c[nH]c1=O. The number of nitrogens with one attached hydrogen (secondary N) is 3. The molecule has 2 aromatic rings. The maximum atomic E-state index is 12.6. The molecular formula is C20H24N4O4. The minimum absolute atomic E-state index is 0.115. The van der Waals surface area contributed by atoms with Crippen molar-refractivity contribution < 1.29 is 14.3 Å². The standard InChI is InChI=1S/C20H24N4O4/c1-11-4-3-5-16(21)15-8-12(10-22-19(15)26)14-7-6-13(23-20(27)28-2)9-17(14)24-18(11)25/h6-11,16H,3-5,21H2,1-2H3,(H,22,26)(H,23,27)(H,24,25)/t11-,16?/m1/s1. The molecule has 1 unspecified atom stereocenters. The topological polar surface area (TPSA) is 126 Å². The van der Waals surface area contributed by atoms with Gasteiger partial charge in [0.2, 0.25) is 5.91 Å². The molecule has 0 radical (unpaired) electrons. The lowest BCUT2D eigenvalue weighted by Gasteiger charge is -2.20. The summed E-state index contributed by atoms with van der Waals surface area (Å²) in [5.41, 5.74) is 8.97. The van der Waals surface area contributed by atoms with Gasteiger partial charge in [0.1, 0.15) is 0 Å². The number of rotatable bonds is 1. The Labute approximate surface area is 162 Å². The van der Waals surface area contributed by atoms with E-state index in [4.69, 9.17) is 5.73 Å². The normalized spacial score (nSPS) is 19.5. The third kappa shape index (κ3) is 4.23. The maximum absolute atomic E-state index is 12.6. The zero-order valence-corrected chi connectivity index (χ0v) is 15.9. The number of anilines is 2. The molecule has 0 aliphatic carbocycles. The summed E-state index contributed by atoms with van der Waals surface area (Å²) in [5, 5.41) is 5.53. The van der Waals surface area contributed by atoms with E-state index in [2.05, 4.69) is 20.4 Å². The highest BCUT2D eigenvalue weighted by Crippen LogP contribution is 2.32. The quantitative estimate of drug-likeness (QED) is 0.601. The van der Waals surface area contributed by atoms with Crippen LogP contribution in [-0.4, -0.2) is 24.1 Å². The second-order valence-corrected chi connectivity index (χ2v) is 6.98.